The van der Waals surface area contributed by atoms with Crippen molar-refractivity contribution in [1.82, 2.24) is 4.90 Å². The third-order valence-corrected chi connectivity index (χ3v) is 3.34. The van der Waals surface area contributed by atoms with E-state index in [2.05, 4.69) is 6.92 Å². The van der Waals surface area contributed by atoms with Gasteiger partial charge in [-0.05, 0) is 30.2 Å². The van der Waals surface area contributed by atoms with Crippen molar-refractivity contribution in [3.8, 4) is 0 Å². The van der Waals surface area contributed by atoms with Crippen molar-refractivity contribution >= 4 is 17.5 Å². The van der Waals surface area contributed by atoms with Crippen molar-refractivity contribution in [2.45, 2.75) is 26.3 Å². The van der Waals surface area contributed by atoms with E-state index in [4.69, 9.17) is 17.3 Å². The molecule has 18 heavy (non-hydrogen) atoms. The molecular formula is C14H21ClN2O. The predicted octanol–water partition coefficient (Wildman–Crippen LogP) is 2.67. The summed E-state index contributed by atoms with van der Waals surface area (Å²) in [6.45, 7) is 3.20. The Labute approximate surface area is 114 Å². The van der Waals surface area contributed by atoms with Gasteiger partial charge in [-0.2, -0.15) is 0 Å². The third kappa shape index (κ3) is 4.67. The zero-order valence-corrected chi connectivity index (χ0v) is 11.8. The number of hydrogen-bond acceptors (Lipinski definition) is 2. The Kier molecular flexibility index (Phi) is 6.16. The molecule has 2 N–H and O–H groups in total. The standard InChI is InChI=1S/C14H21ClN2O/c1-3-11(9-16)8-14(18)17(2)10-12-5-4-6-13(15)7-12/h4-7,11H,3,8-10,16H2,1-2H3. The van der Waals surface area contributed by atoms with Gasteiger partial charge in [0.25, 0.3) is 0 Å². The first-order chi connectivity index (χ1) is 8.56. The molecule has 0 bridgehead atoms. The van der Waals surface area contributed by atoms with Gasteiger partial charge in [0.2, 0.25) is 5.91 Å². The summed E-state index contributed by atoms with van der Waals surface area (Å²) in [5, 5.41) is 0.696. The lowest BCUT2D eigenvalue weighted by Gasteiger charge is -2.20. The van der Waals surface area contributed by atoms with Crippen molar-refractivity contribution in [3.05, 3.63) is 34.9 Å². The van der Waals surface area contributed by atoms with Gasteiger partial charge in [-0.15, -0.1) is 0 Å². The van der Waals surface area contributed by atoms with Crippen molar-refractivity contribution in [1.29, 1.82) is 0 Å². The average Bonchev–Trinajstić information content (AvgIpc) is 2.35. The van der Waals surface area contributed by atoms with E-state index in [9.17, 15) is 4.79 Å². The zero-order valence-electron chi connectivity index (χ0n) is 11.0. The molecule has 3 nitrogen and oxygen atoms in total. The SMILES string of the molecule is CCC(CN)CC(=O)N(C)Cc1cccc(Cl)c1. The van der Waals surface area contributed by atoms with E-state index >= 15 is 0 Å². The molecule has 1 unspecified atom stereocenters. The van der Waals surface area contributed by atoms with E-state index in [1.807, 2.05) is 31.3 Å². The highest BCUT2D eigenvalue weighted by Gasteiger charge is 2.14. The van der Waals surface area contributed by atoms with Gasteiger partial charge in [0, 0.05) is 25.0 Å². The van der Waals surface area contributed by atoms with Crippen LogP contribution in [-0.2, 0) is 11.3 Å². The van der Waals surface area contributed by atoms with Crippen LogP contribution in [-0.4, -0.2) is 24.4 Å². The van der Waals surface area contributed by atoms with Crippen LogP contribution >= 0.6 is 11.6 Å². The average molecular weight is 269 g/mol. The molecular weight excluding hydrogens is 248 g/mol. The molecule has 0 fully saturated rings. The number of benzene rings is 1. The Morgan fingerprint density at radius 1 is 1.50 bits per heavy atom. The van der Waals surface area contributed by atoms with Crippen LogP contribution in [0, 0.1) is 5.92 Å². The maximum Gasteiger partial charge on any atom is 0.222 e. The van der Waals surface area contributed by atoms with Crippen molar-refractivity contribution in [3.63, 3.8) is 0 Å². The van der Waals surface area contributed by atoms with E-state index in [1.165, 1.54) is 0 Å². The minimum atomic E-state index is 0.132. The van der Waals surface area contributed by atoms with E-state index in [0.29, 0.717) is 24.5 Å². The summed E-state index contributed by atoms with van der Waals surface area (Å²) in [5.41, 5.74) is 6.66. The Hall–Kier alpha value is -1.06. The first kappa shape index (κ1) is 15.0. The summed E-state index contributed by atoms with van der Waals surface area (Å²) < 4.78 is 0. The van der Waals surface area contributed by atoms with Gasteiger partial charge in [0.1, 0.15) is 0 Å². The molecule has 0 spiro atoms. The lowest BCUT2D eigenvalue weighted by atomic mass is 10.0. The molecule has 0 aliphatic rings. The van der Waals surface area contributed by atoms with Crippen LogP contribution in [0.4, 0.5) is 0 Å². The predicted molar refractivity (Wildman–Crippen MR) is 75.4 cm³/mol. The molecule has 0 radical (unpaired) electrons. The summed E-state index contributed by atoms with van der Waals surface area (Å²) in [6, 6.07) is 7.57. The number of halogens is 1. The second kappa shape index (κ2) is 7.39. The molecule has 1 amide bonds. The summed E-state index contributed by atoms with van der Waals surface area (Å²) in [7, 11) is 1.81. The van der Waals surface area contributed by atoms with Crippen LogP contribution in [0.2, 0.25) is 5.02 Å². The van der Waals surface area contributed by atoms with E-state index in [-0.39, 0.29) is 11.8 Å². The minimum Gasteiger partial charge on any atom is -0.341 e. The number of carbonyl (C=O) groups is 1. The normalized spacial score (nSPS) is 12.2. The molecule has 100 valence electrons. The fraction of sp³-hybridized carbons (Fsp3) is 0.500. The quantitative estimate of drug-likeness (QED) is 0.862. The highest BCUT2D eigenvalue weighted by Crippen LogP contribution is 2.14. The van der Waals surface area contributed by atoms with Gasteiger partial charge in [0.15, 0.2) is 0 Å². The molecule has 0 saturated heterocycles. The van der Waals surface area contributed by atoms with E-state index in [0.717, 1.165) is 12.0 Å². The van der Waals surface area contributed by atoms with Crippen LogP contribution in [0.25, 0.3) is 0 Å². The van der Waals surface area contributed by atoms with Crippen molar-refractivity contribution in [2.24, 2.45) is 11.7 Å². The van der Waals surface area contributed by atoms with Gasteiger partial charge in [-0.3, -0.25) is 4.79 Å². The molecule has 0 aliphatic carbocycles. The van der Waals surface area contributed by atoms with Crippen LogP contribution < -0.4 is 5.73 Å². The Morgan fingerprint density at radius 2 is 2.22 bits per heavy atom. The minimum absolute atomic E-state index is 0.132. The number of amides is 1. The Bertz CT molecular complexity index is 391. The molecule has 0 saturated carbocycles. The summed E-state index contributed by atoms with van der Waals surface area (Å²) in [4.78, 5) is 13.7. The van der Waals surface area contributed by atoms with Gasteiger partial charge in [-0.25, -0.2) is 0 Å². The van der Waals surface area contributed by atoms with E-state index < -0.39 is 0 Å². The molecule has 0 heterocycles. The molecule has 1 aromatic rings. The fourth-order valence-corrected chi connectivity index (χ4v) is 2.01. The summed E-state index contributed by atoms with van der Waals surface area (Å²) >= 11 is 5.92. The highest BCUT2D eigenvalue weighted by atomic mass is 35.5. The highest BCUT2D eigenvalue weighted by molar-refractivity contribution is 6.30. The first-order valence-corrected chi connectivity index (χ1v) is 6.63. The molecule has 1 rings (SSSR count). The first-order valence-electron chi connectivity index (χ1n) is 6.25. The van der Waals surface area contributed by atoms with Gasteiger partial charge in [0.05, 0.1) is 0 Å². The van der Waals surface area contributed by atoms with Crippen LogP contribution in [0.15, 0.2) is 24.3 Å². The number of hydrogen-bond donors (Lipinski definition) is 1. The van der Waals surface area contributed by atoms with Crippen LogP contribution in [0.1, 0.15) is 25.3 Å². The summed E-state index contributed by atoms with van der Waals surface area (Å²) in [6.07, 6.45) is 1.46. The second-order valence-corrected chi connectivity index (χ2v) is 5.03. The monoisotopic (exact) mass is 268 g/mol. The second-order valence-electron chi connectivity index (χ2n) is 4.59. The maximum atomic E-state index is 12.0. The lowest BCUT2D eigenvalue weighted by Crippen LogP contribution is -2.29. The molecule has 4 heteroatoms. The van der Waals surface area contributed by atoms with Gasteiger partial charge < -0.3 is 10.6 Å². The maximum absolute atomic E-state index is 12.0. The third-order valence-electron chi connectivity index (χ3n) is 3.11. The Balaban J connectivity index is 2.54. The molecule has 0 aromatic heterocycles. The number of rotatable bonds is 6. The van der Waals surface area contributed by atoms with Crippen LogP contribution in [0.3, 0.4) is 0 Å². The lowest BCUT2D eigenvalue weighted by molar-refractivity contribution is -0.131. The van der Waals surface area contributed by atoms with Crippen molar-refractivity contribution < 1.29 is 4.79 Å². The van der Waals surface area contributed by atoms with Crippen LogP contribution in [0.5, 0.6) is 0 Å². The van der Waals surface area contributed by atoms with Crippen molar-refractivity contribution in [2.75, 3.05) is 13.6 Å². The molecule has 0 aliphatic heterocycles. The molecule has 1 aromatic carbocycles. The number of carbonyl (C=O) groups excluding carboxylic acids is 1. The van der Waals surface area contributed by atoms with E-state index in [1.54, 1.807) is 4.90 Å². The smallest absolute Gasteiger partial charge is 0.222 e. The Morgan fingerprint density at radius 3 is 2.78 bits per heavy atom. The fourth-order valence-electron chi connectivity index (χ4n) is 1.79. The van der Waals surface area contributed by atoms with Gasteiger partial charge >= 0.3 is 0 Å². The summed E-state index contributed by atoms with van der Waals surface area (Å²) in [5.74, 6) is 0.409. The van der Waals surface area contributed by atoms with Gasteiger partial charge in [-0.1, -0.05) is 37.1 Å². The number of nitrogens with two attached hydrogens (primary N) is 1. The largest absolute Gasteiger partial charge is 0.341 e. The molecule has 1 atom stereocenters. The topological polar surface area (TPSA) is 46.3 Å². The zero-order chi connectivity index (χ0) is 13.5. The number of nitrogens with zero attached hydrogens (tertiary/aromatic N) is 1.